The van der Waals surface area contributed by atoms with Gasteiger partial charge in [-0.2, -0.15) is 0 Å². The Labute approximate surface area is 205 Å². The second-order valence-corrected chi connectivity index (χ2v) is 10.9. The Bertz CT molecular complexity index is 1350. The van der Waals surface area contributed by atoms with Crippen LogP contribution in [0.15, 0.2) is 47.5 Å². The fourth-order valence-electron chi connectivity index (χ4n) is 3.75. The zero-order chi connectivity index (χ0) is 26.0. The first-order chi connectivity index (χ1) is 16.3. The number of aromatic amines is 1. The van der Waals surface area contributed by atoms with E-state index in [2.05, 4.69) is 4.98 Å². The van der Waals surface area contributed by atoms with Crippen LogP contribution in [0.5, 0.6) is 5.88 Å². The van der Waals surface area contributed by atoms with Crippen LogP contribution < -0.4 is 10.0 Å². The van der Waals surface area contributed by atoms with Crippen LogP contribution in [0.1, 0.15) is 50.0 Å². The maximum Gasteiger partial charge on any atom is 0.338 e. The fourth-order valence-corrected chi connectivity index (χ4v) is 4.82. The minimum Gasteiger partial charge on any atom is -0.494 e. The van der Waals surface area contributed by atoms with Gasteiger partial charge in [-0.25, -0.2) is 13.2 Å². The van der Waals surface area contributed by atoms with Gasteiger partial charge in [-0.05, 0) is 63.6 Å². The molecule has 0 atom stereocenters. The molecule has 0 unspecified atom stereocenters. The molecule has 9 nitrogen and oxygen atoms in total. The molecule has 0 bridgehead atoms. The largest absolute Gasteiger partial charge is 0.494 e. The van der Waals surface area contributed by atoms with Crippen LogP contribution in [-0.2, 0) is 14.8 Å². The van der Waals surface area contributed by atoms with Gasteiger partial charge in [0.2, 0.25) is 10.0 Å². The van der Waals surface area contributed by atoms with Crippen LogP contribution in [0, 0.1) is 0 Å². The average Bonchev–Trinajstić information content (AvgIpc) is 3.10. The summed E-state index contributed by atoms with van der Waals surface area (Å²) in [4.78, 5) is 19.7. The maximum absolute atomic E-state index is 12.3. The molecule has 0 spiro atoms. The minimum atomic E-state index is -3.52. The van der Waals surface area contributed by atoms with Crippen molar-refractivity contribution < 1.29 is 23.1 Å². The predicted octanol–water partition coefficient (Wildman–Crippen LogP) is 4.08. The molecule has 188 valence electrons. The summed E-state index contributed by atoms with van der Waals surface area (Å²) < 4.78 is 31.0. The lowest BCUT2D eigenvalue weighted by molar-refractivity contribution is 0.0526. The number of nitrogens with two attached hydrogens (primary N) is 1. The van der Waals surface area contributed by atoms with Gasteiger partial charge in [-0.1, -0.05) is 13.0 Å². The van der Waals surface area contributed by atoms with Crippen molar-refractivity contribution in [2.75, 3.05) is 23.7 Å². The van der Waals surface area contributed by atoms with Gasteiger partial charge in [0.15, 0.2) is 5.88 Å². The zero-order valence-electron chi connectivity index (χ0n) is 20.6. The molecule has 3 aromatic rings. The molecule has 0 aliphatic carbocycles. The normalized spacial score (nSPS) is 12.7. The quantitative estimate of drug-likeness (QED) is 0.299. The molecule has 0 fully saturated rings. The third-order valence-corrected chi connectivity index (χ3v) is 6.41. The Morgan fingerprint density at radius 1 is 1.17 bits per heavy atom. The number of nitrogens with one attached hydrogen (secondary N) is 1. The number of H-pyrrole nitrogens is 1. The molecule has 0 aliphatic heterocycles. The second kappa shape index (κ2) is 10.1. The number of nitrogens with zero attached hydrogens (tertiary/aromatic N) is 2. The van der Waals surface area contributed by atoms with Crippen molar-refractivity contribution in [2.24, 2.45) is 10.7 Å². The Balaban J connectivity index is 1.98. The van der Waals surface area contributed by atoms with Gasteiger partial charge >= 0.3 is 5.97 Å². The van der Waals surface area contributed by atoms with E-state index >= 15 is 0 Å². The topological polar surface area (TPSA) is 138 Å². The van der Waals surface area contributed by atoms with Crippen molar-refractivity contribution in [3.63, 3.8) is 0 Å². The minimum absolute atomic E-state index is 0.0494. The number of hydrogen-bond acceptors (Lipinski definition) is 7. The van der Waals surface area contributed by atoms with E-state index in [9.17, 15) is 18.3 Å². The van der Waals surface area contributed by atoms with Gasteiger partial charge in [0, 0.05) is 16.4 Å². The Hall–Kier alpha value is -3.37. The second-order valence-electron chi connectivity index (χ2n) is 9.02. The lowest BCUT2D eigenvalue weighted by Crippen LogP contribution is -2.47. The third-order valence-electron chi connectivity index (χ3n) is 5.27. The molecule has 3 rings (SSSR count). The number of benzene rings is 2. The number of aromatic hydroxyl groups is 1. The van der Waals surface area contributed by atoms with E-state index in [4.69, 9.17) is 15.5 Å². The standard InChI is InChI=1S/C25H32N4O5S/c1-6-20(22-19-13-8-16(24(31)34-7-2)14-21(19)28-23(22)30)27-17-9-11-18(12-10-17)29(35(5,32)33)15-25(3,4)26/h8-14,28,30H,6-7,15,26H2,1-5H3. The van der Waals surface area contributed by atoms with E-state index in [0.29, 0.717) is 40.2 Å². The number of ether oxygens (including phenoxy) is 1. The molecule has 1 aromatic heterocycles. The number of fused-ring (bicyclic) bond motifs is 1. The summed E-state index contributed by atoms with van der Waals surface area (Å²) in [6, 6.07) is 11.8. The predicted molar refractivity (Wildman–Crippen MR) is 139 cm³/mol. The number of carbonyl (C=O) groups excluding carboxylic acids is 1. The molecule has 1 heterocycles. The molecule has 2 aromatic carbocycles. The van der Waals surface area contributed by atoms with Crippen LogP contribution in [0.25, 0.3) is 10.9 Å². The number of anilines is 1. The van der Waals surface area contributed by atoms with Gasteiger partial charge < -0.3 is 20.6 Å². The first kappa shape index (κ1) is 26.2. The van der Waals surface area contributed by atoms with E-state index in [0.717, 1.165) is 11.6 Å². The van der Waals surface area contributed by atoms with Crippen LogP contribution >= 0.6 is 0 Å². The summed E-state index contributed by atoms with van der Waals surface area (Å²) in [6.07, 6.45) is 1.67. The molecule has 10 heteroatoms. The Morgan fingerprint density at radius 3 is 2.37 bits per heavy atom. The highest BCUT2D eigenvalue weighted by Gasteiger charge is 2.24. The van der Waals surface area contributed by atoms with Gasteiger partial charge in [-0.3, -0.25) is 9.30 Å². The summed E-state index contributed by atoms with van der Waals surface area (Å²) >= 11 is 0. The number of aliphatic imine (C=N–C) groups is 1. The number of aromatic nitrogens is 1. The van der Waals surface area contributed by atoms with Crippen LogP contribution in [0.3, 0.4) is 0 Å². The van der Waals surface area contributed by atoms with E-state index < -0.39 is 21.5 Å². The summed E-state index contributed by atoms with van der Waals surface area (Å²) in [5, 5.41) is 11.3. The summed E-state index contributed by atoms with van der Waals surface area (Å²) in [6.45, 7) is 7.60. The van der Waals surface area contributed by atoms with Crippen molar-refractivity contribution in [2.45, 2.75) is 39.7 Å². The summed E-state index contributed by atoms with van der Waals surface area (Å²) in [7, 11) is -3.52. The monoisotopic (exact) mass is 500 g/mol. The lowest BCUT2D eigenvalue weighted by atomic mass is 10.0. The van der Waals surface area contributed by atoms with Gasteiger partial charge in [0.25, 0.3) is 0 Å². The highest BCUT2D eigenvalue weighted by Crippen LogP contribution is 2.31. The van der Waals surface area contributed by atoms with Crippen molar-refractivity contribution in [3.05, 3.63) is 53.6 Å². The number of carbonyl (C=O) groups is 1. The molecule has 0 aliphatic rings. The number of hydrogen-bond donors (Lipinski definition) is 3. The molecule has 35 heavy (non-hydrogen) atoms. The summed E-state index contributed by atoms with van der Waals surface area (Å²) in [5.74, 6) is -0.484. The third kappa shape index (κ3) is 6.20. The molecule has 0 amide bonds. The first-order valence-corrected chi connectivity index (χ1v) is 13.1. The van der Waals surface area contributed by atoms with Crippen LogP contribution in [0.2, 0.25) is 0 Å². The number of rotatable bonds is 9. The van der Waals surface area contributed by atoms with E-state index in [1.807, 2.05) is 6.92 Å². The van der Waals surface area contributed by atoms with Crippen LogP contribution in [0.4, 0.5) is 11.4 Å². The zero-order valence-corrected chi connectivity index (χ0v) is 21.4. The lowest BCUT2D eigenvalue weighted by Gasteiger charge is -2.29. The fraction of sp³-hybridized carbons (Fsp3) is 0.360. The smallest absolute Gasteiger partial charge is 0.338 e. The van der Waals surface area contributed by atoms with E-state index in [-0.39, 0.29) is 19.0 Å². The Kier molecular flexibility index (Phi) is 7.56. The van der Waals surface area contributed by atoms with Crippen LogP contribution in [-0.4, -0.2) is 55.1 Å². The summed E-state index contributed by atoms with van der Waals surface area (Å²) in [5.41, 5.74) is 8.59. The van der Waals surface area contributed by atoms with E-state index in [1.54, 1.807) is 63.2 Å². The molecule has 0 radical (unpaired) electrons. The number of sulfonamides is 1. The maximum atomic E-state index is 12.3. The highest BCUT2D eigenvalue weighted by atomic mass is 32.2. The van der Waals surface area contributed by atoms with Gasteiger partial charge in [-0.15, -0.1) is 0 Å². The van der Waals surface area contributed by atoms with Crippen molar-refractivity contribution in [1.82, 2.24) is 4.98 Å². The molecular weight excluding hydrogens is 468 g/mol. The highest BCUT2D eigenvalue weighted by molar-refractivity contribution is 7.92. The van der Waals surface area contributed by atoms with Gasteiger partial charge in [0.1, 0.15) is 0 Å². The van der Waals surface area contributed by atoms with Gasteiger partial charge in [0.05, 0.1) is 47.6 Å². The van der Waals surface area contributed by atoms with Crippen molar-refractivity contribution in [1.29, 1.82) is 0 Å². The molecular formula is C25H32N4O5S. The Morgan fingerprint density at radius 2 is 1.83 bits per heavy atom. The molecule has 0 saturated heterocycles. The van der Waals surface area contributed by atoms with E-state index in [1.165, 1.54) is 4.31 Å². The molecule has 4 N–H and O–H groups in total. The van der Waals surface area contributed by atoms with Crippen molar-refractivity contribution in [3.8, 4) is 5.88 Å². The average molecular weight is 501 g/mol. The first-order valence-electron chi connectivity index (χ1n) is 11.3. The SMILES string of the molecule is CCOC(=O)c1ccc2c(C(CC)=Nc3ccc(N(CC(C)(C)N)S(C)(=O)=O)cc3)c(O)[nH]c2c1. The molecule has 0 saturated carbocycles. The number of esters is 1. The van der Waals surface area contributed by atoms with Crippen molar-refractivity contribution >= 4 is 44.0 Å².